The first-order chi connectivity index (χ1) is 13.6. The summed E-state index contributed by atoms with van der Waals surface area (Å²) in [4.78, 5) is 0. The van der Waals surface area contributed by atoms with E-state index in [9.17, 15) is 4.57 Å². The molecule has 2 aromatic carbocycles. The monoisotopic (exact) mass is 396 g/mol. The van der Waals surface area contributed by atoms with Gasteiger partial charge in [-0.1, -0.05) is 54.6 Å². The predicted molar refractivity (Wildman–Crippen MR) is 104 cm³/mol. The van der Waals surface area contributed by atoms with Crippen molar-refractivity contribution >= 4 is 7.60 Å². The maximum absolute atomic E-state index is 13.6. The van der Waals surface area contributed by atoms with Crippen molar-refractivity contribution < 1.29 is 18.3 Å². The molecule has 3 aliphatic rings. The fraction of sp³-hybridized carbons (Fsp3) is 0.333. The van der Waals surface area contributed by atoms with Gasteiger partial charge in [0.25, 0.3) is 0 Å². The first-order valence-electron chi connectivity index (χ1n) is 9.25. The molecule has 5 rings (SSSR count). The van der Waals surface area contributed by atoms with Gasteiger partial charge in [0.05, 0.1) is 5.92 Å². The normalized spacial score (nSPS) is 29.5. The Kier molecular flexibility index (Phi) is 4.05. The summed E-state index contributed by atoms with van der Waals surface area (Å²) in [5.74, 6) is 0.272. The van der Waals surface area contributed by atoms with Gasteiger partial charge in [0.1, 0.15) is 18.4 Å². The van der Waals surface area contributed by atoms with Crippen LogP contribution in [0.3, 0.4) is 0 Å². The zero-order valence-corrected chi connectivity index (χ0v) is 16.6. The number of benzene rings is 2. The lowest BCUT2D eigenvalue weighted by Crippen LogP contribution is -2.40. The molecule has 0 aromatic heterocycles. The fourth-order valence-corrected chi connectivity index (χ4v) is 6.88. The van der Waals surface area contributed by atoms with E-state index in [2.05, 4.69) is 22.4 Å². The average molecular weight is 396 g/mol. The first-order valence-corrected chi connectivity index (χ1v) is 10.8. The molecule has 28 heavy (non-hydrogen) atoms. The van der Waals surface area contributed by atoms with Crippen molar-refractivity contribution in [1.29, 1.82) is 0 Å². The van der Waals surface area contributed by atoms with Crippen LogP contribution in [0, 0.1) is 0 Å². The van der Waals surface area contributed by atoms with Gasteiger partial charge in [-0.25, -0.2) is 0 Å². The van der Waals surface area contributed by atoms with Crippen LogP contribution < -0.4 is 0 Å². The number of rotatable bonds is 6. The van der Waals surface area contributed by atoms with Crippen molar-refractivity contribution in [2.24, 2.45) is 10.2 Å². The number of ether oxygens (including phenoxy) is 1. The molecule has 2 aromatic rings. The second-order valence-electron chi connectivity index (χ2n) is 7.23. The van der Waals surface area contributed by atoms with Crippen LogP contribution in [0.5, 0.6) is 0 Å². The minimum absolute atomic E-state index is 0.227. The van der Waals surface area contributed by atoms with E-state index in [1.54, 1.807) is 0 Å². The highest BCUT2D eigenvalue weighted by molar-refractivity contribution is 7.55. The summed E-state index contributed by atoms with van der Waals surface area (Å²) in [6.45, 7) is 0.452. The molecule has 6 nitrogen and oxygen atoms in total. The van der Waals surface area contributed by atoms with Crippen LogP contribution in [-0.4, -0.2) is 25.5 Å². The van der Waals surface area contributed by atoms with Gasteiger partial charge in [0.2, 0.25) is 5.28 Å². The SMILES string of the molecule is COP(=O)(OC)C12N=NC3C(OCc4ccccc4)=CC1c1ccccc1C32. The third kappa shape index (κ3) is 2.20. The van der Waals surface area contributed by atoms with Gasteiger partial charge in [-0.05, 0) is 22.8 Å². The maximum Gasteiger partial charge on any atom is 0.361 e. The van der Waals surface area contributed by atoms with Crippen LogP contribution in [0.4, 0.5) is 0 Å². The third-order valence-electron chi connectivity index (χ3n) is 6.03. The Morgan fingerprint density at radius 2 is 1.68 bits per heavy atom. The number of fused-ring (bicyclic) bond motifs is 2. The Morgan fingerprint density at radius 3 is 2.39 bits per heavy atom. The molecule has 4 unspecified atom stereocenters. The van der Waals surface area contributed by atoms with E-state index in [-0.39, 0.29) is 17.9 Å². The van der Waals surface area contributed by atoms with Crippen molar-refractivity contribution in [3.63, 3.8) is 0 Å². The van der Waals surface area contributed by atoms with Crippen molar-refractivity contribution in [3.8, 4) is 0 Å². The molecule has 144 valence electrons. The predicted octanol–water partition coefficient (Wildman–Crippen LogP) is 5.00. The second-order valence-corrected chi connectivity index (χ2v) is 9.68. The van der Waals surface area contributed by atoms with Gasteiger partial charge in [-0.2, -0.15) is 10.2 Å². The van der Waals surface area contributed by atoms with Gasteiger partial charge in [0.15, 0.2) is 0 Å². The quantitative estimate of drug-likeness (QED) is 0.645. The Bertz CT molecular complexity index is 1010. The summed E-state index contributed by atoms with van der Waals surface area (Å²) in [6.07, 6.45) is 2.01. The van der Waals surface area contributed by atoms with E-state index in [4.69, 9.17) is 13.8 Å². The van der Waals surface area contributed by atoms with Crippen molar-refractivity contribution in [3.05, 3.63) is 83.1 Å². The van der Waals surface area contributed by atoms with Crippen LogP contribution in [0.25, 0.3) is 0 Å². The van der Waals surface area contributed by atoms with Crippen molar-refractivity contribution in [2.75, 3.05) is 14.2 Å². The molecule has 2 aliphatic carbocycles. The molecular weight excluding hydrogens is 375 g/mol. The molecule has 0 saturated heterocycles. The molecule has 0 N–H and O–H groups in total. The van der Waals surface area contributed by atoms with E-state index in [1.165, 1.54) is 14.2 Å². The Labute approximate surface area is 163 Å². The number of nitrogens with zero attached hydrogens (tertiary/aromatic N) is 2. The standard InChI is InChI=1S/C21H21N2O4P/c1-25-28(24,26-2)21-17-12-18(27-13-14-8-4-3-5-9-14)20(22-23-21)19(21)16-11-7-6-10-15(16)17/h3-12,17,19-20H,13H2,1-2H3. The lowest BCUT2D eigenvalue weighted by molar-refractivity contribution is 0.162. The van der Waals surface area contributed by atoms with E-state index < -0.39 is 12.9 Å². The summed E-state index contributed by atoms with van der Waals surface area (Å²) >= 11 is 0. The minimum atomic E-state index is -3.54. The summed E-state index contributed by atoms with van der Waals surface area (Å²) in [6, 6.07) is 17.8. The van der Waals surface area contributed by atoms with Crippen molar-refractivity contribution in [2.45, 2.75) is 29.8 Å². The maximum atomic E-state index is 13.6. The molecule has 1 aliphatic heterocycles. The smallest absolute Gasteiger partial charge is 0.361 e. The molecule has 0 radical (unpaired) electrons. The zero-order chi connectivity index (χ0) is 19.4. The van der Waals surface area contributed by atoms with Crippen LogP contribution in [0.2, 0.25) is 0 Å². The van der Waals surface area contributed by atoms with E-state index in [1.807, 2.05) is 48.5 Å². The number of hydrogen-bond acceptors (Lipinski definition) is 6. The highest BCUT2D eigenvalue weighted by atomic mass is 31.2. The minimum Gasteiger partial charge on any atom is -0.491 e. The molecule has 4 bridgehead atoms. The van der Waals surface area contributed by atoms with Crippen LogP contribution in [0.1, 0.15) is 28.5 Å². The van der Waals surface area contributed by atoms with Crippen LogP contribution >= 0.6 is 7.60 Å². The molecule has 0 saturated carbocycles. The Hall–Kier alpha value is -2.27. The van der Waals surface area contributed by atoms with Crippen molar-refractivity contribution in [1.82, 2.24) is 0 Å². The fourth-order valence-electron chi connectivity index (χ4n) is 4.81. The number of hydrogen-bond donors (Lipinski definition) is 0. The van der Waals surface area contributed by atoms with Gasteiger partial charge in [0, 0.05) is 20.1 Å². The summed E-state index contributed by atoms with van der Waals surface area (Å²) in [7, 11) is -0.715. The molecular formula is C21H21N2O4P. The summed E-state index contributed by atoms with van der Waals surface area (Å²) < 4.78 is 30.7. The Morgan fingerprint density at radius 1 is 1.00 bits per heavy atom. The zero-order valence-electron chi connectivity index (χ0n) is 15.7. The lowest BCUT2D eigenvalue weighted by Gasteiger charge is -2.38. The molecule has 7 heteroatoms. The largest absolute Gasteiger partial charge is 0.491 e. The van der Waals surface area contributed by atoms with E-state index >= 15 is 0 Å². The molecule has 4 atom stereocenters. The molecule has 1 heterocycles. The van der Waals surface area contributed by atoms with Gasteiger partial charge >= 0.3 is 7.60 Å². The average Bonchev–Trinajstić information content (AvgIpc) is 3.16. The second kappa shape index (κ2) is 6.38. The summed E-state index contributed by atoms with van der Waals surface area (Å²) in [5, 5.41) is 8.01. The van der Waals surface area contributed by atoms with Gasteiger partial charge in [-0.15, -0.1) is 0 Å². The van der Waals surface area contributed by atoms with Crippen LogP contribution in [-0.2, 0) is 25.0 Å². The van der Waals surface area contributed by atoms with Gasteiger partial charge in [-0.3, -0.25) is 4.57 Å². The lowest BCUT2D eigenvalue weighted by atomic mass is 9.83. The number of azo groups is 1. The first kappa shape index (κ1) is 17.8. The van der Waals surface area contributed by atoms with Gasteiger partial charge < -0.3 is 13.8 Å². The topological polar surface area (TPSA) is 69.5 Å². The summed E-state index contributed by atoms with van der Waals surface area (Å²) in [5.41, 5.74) is 3.26. The molecule has 0 spiro atoms. The van der Waals surface area contributed by atoms with E-state index in [0.29, 0.717) is 6.61 Å². The van der Waals surface area contributed by atoms with Crippen LogP contribution in [0.15, 0.2) is 76.7 Å². The highest BCUT2D eigenvalue weighted by Gasteiger charge is 2.72. The molecule has 0 amide bonds. The van der Waals surface area contributed by atoms with E-state index in [0.717, 1.165) is 22.4 Å². The third-order valence-corrected chi connectivity index (χ3v) is 8.51. The highest BCUT2D eigenvalue weighted by Crippen LogP contribution is 2.77. The molecule has 0 fully saturated rings. The Balaban J connectivity index is 1.59.